The van der Waals surface area contributed by atoms with Gasteiger partial charge in [0.25, 0.3) is 5.91 Å². The summed E-state index contributed by atoms with van der Waals surface area (Å²) in [6.45, 7) is 3.95. The Bertz CT molecular complexity index is 1450. The Balaban J connectivity index is 1.52. The van der Waals surface area contributed by atoms with Crippen molar-refractivity contribution in [1.29, 1.82) is 5.41 Å². The predicted octanol–water partition coefficient (Wildman–Crippen LogP) is 4.78. The molecule has 2 aliphatic heterocycles. The lowest BCUT2D eigenvalue weighted by Gasteiger charge is -2.20. The highest BCUT2D eigenvalue weighted by atomic mass is 32.2. The van der Waals surface area contributed by atoms with E-state index in [9.17, 15) is 4.79 Å². The molecule has 0 fully saturated rings. The highest BCUT2D eigenvalue weighted by molar-refractivity contribution is 8.27. The van der Waals surface area contributed by atoms with E-state index in [0.29, 0.717) is 21.7 Å². The van der Waals surface area contributed by atoms with Crippen molar-refractivity contribution in [3.8, 4) is 17.2 Å². The van der Waals surface area contributed by atoms with Crippen LogP contribution in [-0.4, -0.2) is 45.7 Å². The molecule has 0 aliphatic carbocycles. The largest absolute Gasteiger partial charge is 0.497 e. The summed E-state index contributed by atoms with van der Waals surface area (Å²) in [6, 6.07) is 17.3. The molecule has 1 aromatic heterocycles. The summed E-state index contributed by atoms with van der Waals surface area (Å²) in [7, 11) is 3.23. The van der Waals surface area contributed by atoms with Gasteiger partial charge < -0.3 is 14.0 Å². The first-order valence-electron chi connectivity index (χ1n) is 10.9. The number of rotatable bonds is 5. The molecule has 176 valence electrons. The molecule has 2 aromatic carbocycles. The Morgan fingerprint density at radius 1 is 1.03 bits per heavy atom. The van der Waals surface area contributed by atoms with Gasteiger partial charge in [0.1, 0.15) is 16.5 Å². The van der Waals surface area contributed by atoms with Gasteiger partial charge in [-0.1, -0.05) is 30.3 Å². The van der Waals surface area contributed by atoms with Gasteiger partial charge in [-0.3, -0.25) is 10.2 Å². The average Bonchev–Trinajstić information content (AvgIpc) is 3.42. The standard InChI is InChI=1S/C26H23N5O3S/c1-15-12-18(16(2)30(15)21-11-10-19(33-3)14-22(21)34-4)13-20-23(27)31-26(28-24(20)32)35-25(29-31)17-8-6-5-7-9-17/h5-14,27H,1-4H3/b20-13+,27-23?. The molecule has 3 heterocycles. The molecule has 0 saturated heterocycles. The molecule has 0 radical (unpaired) electrons. The van der Waals surface area contributed by atoms with Crippen LogP contribution in [0.2, 0.25) is 0 Å². The number of nitrogens with one attached hydrogen (secondary N) is 1. The number of ether oxygens (including phenoxy) is 2. The highest BCUT2D eigenvalue weighted by Crippen LogP contribution is 2.34. The molecular formula is C26H23N5O3S. The van der Waals surface area contributed by atoms with Crippen molar-refractivity contribution >= 4 is 39.8 Å². The van der Waals surface area contributed by atoms with E-state index in [0.717, 1.165) is 28.2 Å². The number of benzene rings is 2. The number of hydrogen-bond donors (Lipinski definition) is 1. The van der Waals surface area contributed by atoms with Gasteiger partial charge >= 0.3 is 0 Å². The zero-order valence-corrected chi connectivity index (χ0v) is 20.5. The van der Waals surface area contributed by atoms with E-state index in [2.05, 4.69) is 10.1 Å². The molecule has 0 bridgehead atoms. The molecule has 2 aliphatic rings. The van der Waals surface area contributed by atoms with Crippen molar-refractivity contribution in [2.24, 2.45) is 10.1 Å². The molecule has 0 unspecified atom stereocenters. The third-order valence-corrected chi connectivity index (χ3v) is 6.83. The molecule has 0 saturated carbocycles. The van der Waals surface area contributed by atoms with E-state index in [1.165, 1.54) is 16.8 Å². The summed E-state index contributed by atoms with van der Waals surface area (Å²) in [5, 5.41) is 15.8. The number of aryl methyl sites for hydroxylation is 1. The maximum atomic E-state index is 12.9. The molecule has 8 nitrogen and oxygen atoms in total. The summed E-state index contributed by atoms with van der Waals surface area (Å²) in [6.07, 6.45) is 1.71. The molecule has 9 heteroatoms. The average molecular weight is 486 g/mol. The lowest BCUT2D eigenvalue weighted by atomic mass is 10.1. The van der Waals surface area contributed by atoms with Crippen LogP contribution in [0.1, 0.15) is 22.5 Å². The van der Waals surface area contributed by atoms with Crippen molar-refractivity contribution in [2.45, 2.75) is 13.8 Å². The number of hydrogen-bond acceptors (Lipinski definition) is 6. The lowest BCUT2D eigenvalue weighted by Crippen LogP contribution is -2.35. The second-order valence-electron chi connectivity index (χ2n) is 7.99. The molecule has 1 N–H and O–H groups in total. The van der Waals surface area contributed by atoms with Crippen molar-refractivity contribution in [1.82, 2.24) is 9.58 Å². The van der Waals surface area contributed by atoms with E-state index < -0.39 is 5.91 Å². The van der Waals surface area contributed by atoms with Crippen LogP contribution in [-0.2, 0) is 4.79 Å². The minimum atomic E-state index is -0.454. The van der Waals surface area contributed by atoms with Gasteiger partial charge in [-0.15, -0.1) is 0 Å². The summed E-state index contributed by atoms with van der Waals surface area (Å²) >= 11 is 1.29. The van der Waals surface area contributed by atoms with Crippen LogP contribution in [0.4, 0.5) is 0 Å². The molecule has 5 rings (SSSR count). The Labute approximate surface area is 207 Å². The number of amides is 1. The minimum Gasteiger partial charge on any atom is -0.497 e. The van der Waals surface area contributed by atoms with Crippen LogP contribution < -0.4 is 9.47 Å². The third-order valence-electron chi connectivity index (χ3n) is 5.87. The Morgan fingerprint density at radius 3 is 2.51 bits per heavy atom. The van der Waals surface area contributed by atoms with Crippen LogP contribution in [0, 0.1) is 19.3 Å². The molecule has 35 heavy (non-hydrogen) atoms. The Morgan fingerprint density at radius 2 is 1.80 bits per heavy atom. The fourth-order valence-corrected chi connectivity index (χ4v) is 5.02. The van der Waals surface area contributed by atoms with Crippen molar-refractivity contribution < 1.29 is 14.3 Å². The van der Waals surface area contributed by atoms with Crippen LogP contribution in [0.15, 0.2) is 70.3 Å². The van der Waals surface area contributed by atoms with Crippen molar-refractivity contribution in [3.63, 3.8) is 0 Å². The maximum Gasteiger partial charge on any atom is 0.283 e. The number of nitrogens with zero attached hydrogens (tertiary/aromatic N) is 4. The van der Waals surface area contributed by atoms with Crippen LogP contribution in [0.25, 0.3) is 11.8 Å². The summed E-state index contributed by atoms with van der Waals surface area (Å²) in [5.74, 6) is 0.914. The number of hydrazone groups is 1. The number of aliphatic imine (C=N–C) groups is 1. The van der Waals surface area contributed by atoms with E-state index in [1.54, 1.807) is 20.3 Å². The van der Waals surface area contributed by atoms with Gasteiger partial charge in [0, 0.05) is 23.0 Å². The van der Waals surface area contributed by atoms with Gasteiger partial charge in [-0.05, 0) is 55.4 Å². The molecule has 0 atom stereocenters. The lowest BCUT2D eigenvalue weighted by molar-refractivity contribution is -0.114. The van der Waals surface area contributed by atoms with E-state index in [4.69, 9.17) is 14.9 Å². The zero-order chi connectivity index (χ0) is 24.7. The SMILES string of the molecule is COc1ccc(-n2c(C)cc(/C=C3\C(=N)N4N=C(c5ccccc5)SC4=NC3=O)c2C)c(OC)c1. The number of fused-ring (bicyclic) bond motifs is 1. The van der Waals surface area contributed by atoms with Gasteiger partial charge in [0.15, 0.2) is 5.84 Å². The maximum absolute atomic E-state index is 12.9. The zero-order valence-electron chi connectivity index (χ0n) is 19.7. The first-order valence-corrected chi connectivity index (χ1v) is 11.7. The van der Waals surface area contributed by atoms with E-state index in [-0.39, 0.29) is 11.4 Å². The molecular weight excluding hydrogens is 462 g/mol. The minimum absolute atomic E-state index is 0.00487. The van der Waals surface area contributed by atoms with Gasteiger partial charge in [0.05, 0.1) is 25.5 Å². The van der Waals surface area contributed by atoms with Crippen molar-refractivity contribution in [2.75, 3.05) is 14.2 Å². The second kappa shape index (κ2) is 8.92. The number of carbonyl (C=O) groups is 1. The highest BCUT2D eigenvalue weighted by Gasteiger charge is 2.36. The monoisotopic (exact) mass is 485 g/mol. The quantitative estimate of drug-likeness (QED) is 0.525. The molecule has 1 amide bonds. The molecule has 0 spiro atoms. The van der Waals surface area contributed by atoms with Crippen LogP contribution >= 0.6 is 11.8 Å². The molecule has 3 aromatic rings. The second-order valence-corrected chi connectivity index (χ2v) is 8.95. The number of aromatic nitrogens is 1. The number of amidine groups is 2. The fraction of sp³-hybridized carbons (Fsp3) is 0.154. The van der Waals surface area contributed by atoms with Crippen molar-refractivity contribution in [3.05, 3.63) is 82.7 Å². The van der Waals surface area contributed by atoms with E-state index >= 15 is 0 Å². The topological polar surface area (TPSA) is 92.3 Å². The summed E-state index contributed by atoms with van der Waals surface area (Å²) in [5.41, 5.74) is 4.63. The predicted molar refractivity (Wildman–Crippen MR) is 139 cm³/mol. The summed E-state index contributed by atoms with van der Waals surface area (Å²) in [4.78, 5) is 17.1. The number of methoxy groups -OCH3 is 2. The normalized spacial score (nSPS) is 16.3. The van der Waals surface area contributed by atoms with Gasteiger partial charge in [0.2, 0.25) is 5.17 Å². The number of thioether (sulfide) groups is 1. The first-order chi connectivity index (χ1) is 16.9. The third kappa shape index (κ3) is 3.93. The summed E-state index contributed by atoms with van der Waals surface area (Å²) < 4.78 is 13.0. The van der Waals surface area contributed by atoms with Crippen LogP contribution in [0.3, 0.4) is 0 Å². The Kier molecular flexibility index (Phi) is 5.78. The Hall–Kier alpha value is -4.11. The van der Waals surface area contributed by atoms with Gasteiger partial charge in [-0.2, -0.15) is 15.1 Å². The fourth-order valence-electron chi connectivity index (χ4n) is 4.12. The van der Waals surface area contributed by atoms with Gasteiger partial charge in [-0.25, -0.2) is 0 Å². The van der Waals surface area contributed by atoms with E-state index in [1.807, 2.05) is 73.0 Å². The van der Waals surface area contributed by atoms with Crippen LogP contribution in [0.5, 0.6) is 11.5 Å². The smallest absolute Gasteiger partial charge is 0.283 e. The number of carbonyl (C=O) groups excluding carboxylic acids is 1. The first kappa shape index (κ1) is 22.7.